The average molecular weight is 280 g/mol. The molecule has 5 heteroatoms. The Balaban J connectivity index is 3.10. The second-order valence-corrected chi connectivity index (χ2v) is 4.52. The molecule has 0 aliphatic rings. The second-order valence-electron chi connectivity index (χ2n) is 4.52. The van der Waals surface area contributed by atoms with Gasteiger partial charge in [-0.2, -0.15) is 0 Å². The van der Waals surface area contributed by atoms with Gasteiger partial charge in [-0.25, -0.2) is 0 Å². The van der Waals surface area contributed by atoms with Gasteiger partial charge < -0.3 is 14.2 Å². The normalized spacial score (nSPS) is 11.7. The summed E-state index contributed by atoms with van der Waals surface area (Å²) < 4.78 is 15.1. The molecule has 0 heterocycles. The third-order valence-corrected chi connectivity index (χ3v) is 3.19. The van der Waals surface area contributed by atoms with E-state index in [1.807, 2.05) is 6.92 Å². The number of carbonyl (C=O) groups excluding carboxylic acids is 2. The van der Waals surface area contributed by atoms with Crippen LogP contribution in [0.15, 0.2) is 12.1 Å². The molecule has 1 rings (SSSR count). The molecule has 0 N–H and O–H groups in total. The Morgan fingerprint density at radius 3 is 2.30 bits per heavy atom. The van der Waals surface area contributed by atoms with Gasteiger partial charge in [-0.05, 0) is 19.1 Å². The lowest BCUT2D eigenvalue weighted by molar-refractivity contribution is -0.141. The van der Waals surface area contributed by atoms with Crippen LogP contribution < -0.4 is 9.47 Å². The predicted octanol–water partition coefficient (Wildman–Crippen LogP) is 2.39. The molecule has 110 valence electrons. The summed E-state index contributed by atoms with van der Waals surface area (Å²) in [5.41, 5.74) is 1.20. The monoisotopic (exact) mass is 280 g/mol. The number of esters is 1. The highest BCUT2D eigenvalue weighted by Crippen LogP contribution is 2.33. The maximum absolute atomic E-state index is 12.4. The van der Waals surface area contributed by atoms with Crippen LogP contribution in [-0.4, -0.2) is 33.1 Å². The molecule has 1 aromatic rings. The molecule has 0 aromatic heterocycles. The largest absolute Gasteiger partial charge is 0.496 e. The summed E-state index contributed by atoms with van der Waals surface area (Å²) in [6.07, 6.45) is 0.0452. The zero-order chi connectivity index (χ0) is 15.3. The molecule has 0 radical (unpaired) electrons. The topological polar surface area (TPSA) is 61.8 Å². The van der Waals surface area contributed by atoms with Gasteiger partial charge in [0, 0.05) is 11.5 Å². The van der Waals surface area contributed by atoms with E-state index < -0.39 is 11.9 Å². The fraction of sp³-hybridized carbons (Fsp3) is 0.467. The quantitative estimate of drug-likeness (QED) is 0.591. The van der Waals surface area contributed by atoms with Crippen LogP contribution in [0.3, 0.4) is 0 Å². The molecule has 0 aliphatic heterocycles. The molecular weight excluding hydrogens is 260 g/mol. The van der Waals surface area contributed by atoms with Gasteiger partial charge in [0.25, 0.3) is 0 Å². The van der Waals surface area contributed by atoms with Gasteiger partial charge in [0.15, 0.2) is 5.78 Å². The number of benzene rings is 1. The molecule has 0 saturated heterocycles. The van der Waals surface area contributed by atoms with Gasteiger partial charge in [0.05, 0.1) is 33.3 Å². The highest BCUT2D eigenvalue weighted by Gasteiger charge is 2.23. The first-order valence-electron chi connectivity index (χ1n) is 6.28. The maximum atomic E-state index is 12.4. The summed E-state index contributed by atoms with van der Waals surface area (Å²) in [4.78, 5) is 23.7. The van der Waals surface area contributed by atoms with Crippen LogP contribution >= 0.6 is 0 Å². The van der Waals surface area contributed by atoms with E-state index in [1.165, 1.54) is 14.2 Å². The number of ketones is 1. The lowest BCUT2D eigenvalue weighted by atomic mass is 9.94. The number of hydrogen-bond acceptors (Lipinski definition) is 5. The molecule has 0 saturated carbocycles. The minimum absolute atomic E-state index is 0.0452. The summed E-state index contributed by atoms with van der Waals surface area (Å²) >= 11 is 0. The van der Waals surface area contributed by atoms with Crippen molar-refractivity contribution < 1.29 is 23.8 Å². The van der Waals surface area contributed by atoms with Crippen LogP contribution in [-0.2, 0) is 9.53 Å². The van der Waals surface area contributed by atoms with Gasteiger partial charge >= 0.3 is 5.97 Å². The Labute approximate surface area is 118 Å². The van der Waals surface area contributed by atoms with Crippen LogP contribution in [0, 0.1) is 12.8 Å². The van der Waals surface area contributed by atoms with Crippen molar-refractivity contribution in [2.24, 2.45) is 5.92 Å². The number of hydrogen-bond donors (Lipinski definition) is 0. The standard InChI is InChI=1S/C15H20O5/c1-9(8-13(16)19-4)14(17)11-6-7-12(18-3)10(2)15(11)20-5/h6-7,9H,8H2,1-5H3. The first-order valence-corrected chi connectivity index (χ1v) is 6.28. The second kappa shape index (κ2) is 6.93. The third-order valence-electron chi connectivity index (χ3n) is 3.19. The Bertz CT molecular complexity index is 507. The SMILES string of the molecule is COC(=O)CC(C)C(=O)c1ccc(OC)c(C)c1OC. The fourth-order valence-electron chi connectivity index (χ4n) is 2.04. The minimum atomic E-state index is -0.468. The number of ether oxygens (including phenoxy) is 3. The van der Waals surface area contributed by atoms with Crippen molar-refractivity contribution in [2.75, 3.05) is 21.3 Å². The van der Waals surface area contributed by atoms with Crippen molar-refractivity contribution in [1.82, 2.24) is 0 Å². The summed E-state index contributed by atoms with van der Waals surface area (Å²) in [6.45, 7) is 3.51. The predicted molar refractivity (Wildman–Crippen MR) is 74.4 cm³/mol. The molecule has 1 aromatic carbocycles. The van der Waals surface area contributed by atoms with Crippen LogP contribution in [0.4, 0.5) is 0 Å². The molecule has 0 amide bonds. The van der Waals surface area contributed by atoms with Crippen molar-refractivity contribution in [3.05, 3.63) is 23.3 Å². The Morgan fingerprint density at radius 2 is 1.80 bits per heavy atom. The summed E-state index contributed by atoms with van der Waals surface area (Å²) in [7, 11) is 4.37. The van der Waals surface area contributed by atoms with E-state index in [9.17, 15) is 9.59 Å². The first kappa shape index (κ1) is 16.0. The van der Waals surface area contributed by atoms with Crippen molar-refractivity contribution >= 4 is 11.8 Å². The van der Waals surface area contributed by atoms with Crippen LogP contribution in [0.25, 0.3) is 0 Å². The highest BCUT2D eigenvalue weighted by molar-refractivity contribution is 6.02. The smallest absolute Gasteiger partial charge is 0.306 e. The molecule has 1 atom stereocenters. The van der Waals surface area contributed by atoms with Gasteiger partial charge in [0.1, 0.15) is 11.5 Å². The summed E-state index contributed by atoms with van der Waals surface area (Å²) in [6, 6.07) is 3.37. The average Bonchev–Trinajstić information content (AvgIpc) is 2.45. The molecule has 0 spiro atoms. The number of carbonyl (C=O) groups is 2. The molecule has 0 bridgehead atoms. The summed E-state index contributed by atoms with van der Waals surface area (Å²) in [5.74, 6) is 0.0993. The lowest BCUT2D eigenvalue weighted by Crippen LogP contribution is -2.17. The van der Waals surface area contributed by atoms with E-state index in [-0.39, 0.29) is 12.2 Å². The molecule has 0 fully saturated rings. The Kier molecular flexibility index (Phi) is 5.55. The van der Waals surface area contributed by atoms with Crippen LogP contribution in [0.1, 0.15) is 29.3 Å². The van der Waals surface area contributed by atoms with Gasteiger partial charge in [-0.3, -0.25) is 9.59 Å². The zero-order valence-corrected chi connectivity index (χ0v) is 12.5. The maximum Gasteiger partial charge on any atom is 0.306 e. The van der Waals surface area contributed by atoms with Gasteiger partial charge in [-0.15, -0.1) is 0 Å². The fourth-order valence-corrected chi connectivity index (χ4v) is 2.04. The van der Waals surface area contributed by atoms with Crippen molar-refractivity contribution in [3.63, 3.8) is 0 Å². The minimum Gasteiger partial charge on any atom is -0.496 e. The molecular formula is C15H20O5. The number of rotatable bonds is 6. The van der Waals surface area contributed by atoms with Crippen molar-refractivity contribution in [1.29, 1.82) is 0 Å². The van der Waals surface area contributed by atoms with E-state index in [4.69, 9.17) is 9.47 Å². The zero-order valence-electron chi connectivity index (χ0n) is 12.5. The molecule has 20 heavy (non-hydrogen) atoms. The van der Waals surface area contributed by atoms with E-state index in [2.05, 4.69) is 4.74 Å². The van der Waals surface area contributed by atoms with Crippen LogP contribution in [0.2, 0.25) is 0 Å². The van der Waals surface area contributed by atoms with E-state index in [0.717, 1.165) is 5.56 Å². The van der Waals surface area contributed by atoms with Crippen LogP contribution in [0.5, 0.6) is 11.5 Å². The first-order chi connectivity index (χ1) is 9.46. The third kappa shape index (κ3) is 3.29. The molecule has 0 aliphatic carbocycles. The van der Waals surface area contributed by atoms with Crippen molar-refractivity contribution in [3.8, 4) is 11.5 Å². The number of Topliss-reactive ketones (excluding diaryl/α,β-unsaturated/α-hetero) is 1. The Hall–Kier alpha value is -2.04. The van der Waals surface area contributed by atoms with E-state index in [0.29, 0.717) is 17.1 Å². The lowest BCUT2D eigenvalue weighted by Gasteiger charge is -2.16. The summed E-state index contributed by atoms with van der Waals surface area (Å²) in [5, 5.41) is 0. The Morgan fingerprint density at radius 1 is 1.15 bits per heavy atom. The molecule has 1 unspecified atom stereocenters. The van der Waals surface area contributed by atoms with E-state index in [1.54, 1.807) is 26.2 Å². The van der Waals surface area contributed by atoms with Gasteiger partial charge in [-0.1, -0.05) is 6.92 Å². The number of methoxy groups -OCH3 is 3. The highest BCUT2D eigenvalue weighted by atomic mass is 16.5. The van der Waals surface area contributed by atoms with E-state index >= 15 is 0 Å². The van der Waals surface area contributed by atoms with Crippen molar-refractivity contribution in [2.45, 2.75) is 20.3 Å². The molecule has 5 nitrogen and oxygen atoms in total. The van der Waals surface area contributed by atoms with Gasteiger partial charge in [0.2, 0.25) is 0 Å².